The van der Waals surface area contributed by atoms with Crippen LogP contribution in [0.2, 0.25) is 0 Å². The number of aliphatic carboxylic acids is 1. The van der Waals surface area contributed by atoms with Crippen LogP contribution < -0.4 is 5.73 Å². The van der Waals surface area contributed by atoms with Gasteiger partial charge in [-0.05, 0) is 43.1 Å². The molecule has 3 nitrogen and oxygen atoms in total. The van der Waals surface area contributed by atoms with Gasteiger partial charge in [-0.25, -0.2) is 0 Å². The average molecular weight is 239 g/mol. The molecule has 0 aromatic carbocycles. The van der Waals surface area contributed by atoms with Crippen molar-refractivity contribution in [2.75, 3.05) is 6.54 Å². The van der Waals surface area contributed by atoms with Crippen molar-refractivity contribution in [3.05, 3.63) is 0 Å². The number of carbonyl (C=O) groups is 1. The van der Waals surface area contributed by atoms with E-state index in [4.69, 9.17) is 10.8 Å². The number of nitrogens with two attached hydrogens (primary N) is 1. The maximum atomic E-state index is 11.0. The van der Waals surface area contributed by atoms with Gasteiger partial charge in [-0.2, -0.15) is 0 Å². The number of fused-ring (bicyclic) bond motifs is 1. The van der Waals surface area contributed by atoms with Crippen molar-refractivity contribution in [2.45, 2.75) is 57.8 Å². The molecule has 2 saturated carbocycles. The van der Waals surface area contributed by atoms with Crippen molar-refractivity contribution >= 4 is 5.97 Å². The quantitative estimate of drug-likeness (QED) is 0.796. The monoisotopic (exact) mass is 239 g/mol. The van der Waals surface area contributed by atoms with Crippen LogP contribution >= 0.6 is 0 Å². The Labute approximate surface area is 104 Å². The largest absolute Gasteiger partial charge is 0.481 e. The third-order valence-corrected chi connectivity index (χ3v) is 5.02. The summed E-state index contributed by atoms with van der Waals surface area (Å²) in [4.78, 5) is 11.0. The highest BCUT2D eigenvalue weighted by molar-refractivity contribution is 5.67. The molecule has 3 atom stereocenters. The van der Waals surface area contributed by atoms with Gasteiger partial charge in [0.1, 0.15) is 0 Å². The Kier molecular flexibility index (Phi) is 4.08. The predicted molar refractivity (Wildman–Crippen MR) is 67.7 cm³/mol. The molecule has 0 bridgehead atoms. The molecule has 0 heterocycles. The van der Waals surface area contributed by atoms with Crippen LogP contribution in [0.25, 0.3) is 0 Å². The third-order valence-electron chi connectivity index (χ3n) is 5.02. The van der Waals surface area contributed by atoms with E-state index in [1.165, 1.54) is 38.5 Å². The molecule has 0 spiro atoms. The molecule has 0 aromatic heterocycles. The molecule has 3 N–H and O–H groups in total. The highest BCUT2D eigenvalue weighted by Crippen LogP contribution is 2.48. The lowest BCUT2D eigenvalue weighted by Crippen LogP contribution is -2.40. The Morgan fingerprint density at radius 1 is 1.18 bits per heavy atom. The summed E-state index contributed by atoms with van der Waals surface area (Å²) in [5.74, 6) is 0.919. The summed E-state index contributed by atoms with van der Waals surface area (Å²) >= 11 is 0. The minimum Gasteiger partial charge on any atom is -0.481 e. The topological polar surface area (TPSA) is 63.3 Å². The Balaban J connectivity index is 2.04. The van der Waals surface area contributed by atoms with Crippen LogP contribution in [0.4, 0.5) is 0 Å². The van der Waals surface area contributed by atoms with Crippen LogP contribution in [-0.4, -0.2) is 17.6 Å². The first kappa shape index (κ1) is 12.9. The van der Waals surface area contributed by atoms with Crippen molar-refractivity contribution in [3.63, 3.8) is 0 Å². The number of hydrogen-bond acceptors (Lipinski definition) is 2. The van der Waals surface area contributed by atoms with Crippen molar-refractivity contribution in [1.82, 2.24) is 0 Å². The summed E-state index contributed by atoms with van der Waals surface area (Å²) in [6, 6.07) is 0. The first-order chi connectivity index (χ1) is 8.15. The molecule has 3 heteroatoms. The number of rotatable bonds is 3. The van der Waals surface area contributed by atoms with Crippen molar-refractivity contribution < 1.29 is 9.90 Å². The second-order valence-corrected chi connectivity index (χ2v) is 6.18. The van der Waals surface area contributed by atoms with E-state index in [1.807, 2.05) is 0 Å². The number of hydrogen-bond donors (Lipinski definition) is 2. The van der Waals surface area contributed by atoms with Crippen LogP contribution in [-0.2, 0) is 4.79 Å². The molecule has 0 radical (unpaired) electrons. The van der Waals surface area contributed by atoms with Gasteiger partial charge >= 0.3 is 5.97 Å². The zero-order chi connectivity index (χ0) is 12.3. The third kappa shape index (κ3) is 3.01. The van der Waals surface area contributed by atoms with E-state index in [2.05, 4.69) is 0 Å². The molecule has 0 amide bonds. The average Bonchev–Trinajstić information content (AvgIpc) is 2.52. The molecule has 0 aliphatic heterocycles. The summed E-state index contributed by atoms with van der Waals surface area (Å²) in [7, 11) is 0. The van der Waals surface area contributed by atoms with Crippen LogP contribution in [0.15, 0.2) is 0 Å². The molecule has 2 fully saturated rings. The van der Waals surface area contributed by atoms with Gasteiger partial charge in [-0.1, -0.05) is 32.1 Å². The second kappa shape index (κ2) is 5.38. The minimum absolute atomic E-state index is 0.0999. The lowest BCUT2D eigenvalue weighted by Gasteiger charge is -2.43. The highest BCUT2D eigenvalue weighted by atomic mass is 16.4. The lowest BCUT2D eigenvalue weighted by atomic mass is 9.62. The molecular formula is C14H25NO2. The van der Waals surface area contributed by atoms with Crippen LogP contribution in [0.1, 0.15) is 57.8 Å². The lowest BCUT2D eigenvalue weighted by molar-refractivity contribution is -0.140. The molecule has 2 aliphatic rings. The fourth-order valence-electron chi connectivity index (χ4n) is 4.00. The van der Waals surface area contributed by atoms with E-state index < -0.39 is 5.97 Å². The van der Waals surface area contributed by atoms with Crippen molar-refractivity contribution in [2.24, 2.45) is 23.0 Å². The van der Waals surface area contributed by atoms with E-state index in [0.717, 1.165) is 24.7 Å². The smallest absolute Gasteiger partial charge is 0.303 e. The van der Waals surface area contributed by atoms with Crippen molar-refractivity contribution in [3.8, 4) is 0 Å². The summed E-state index contributed by atoms with van der Waals surface area (Å²) in [6.45, 7) is 0.544. The van der Waals surface area contributed by atoms with Gasteiger partial charge < -0.3 is 10.8 Å². The van der Waals surface area contributed by atoms with Gasteiger partial charge in [0, 0.05) is 0 Å². The summed E-state index contributed by atoms with van der Waals surface area (Å²) in [5, 5.41) is 9.06. The van der Waals surface area contributed by atoms with Gasteiger partial charge in [-0.3, -0.25) is 4.79 Å². The predicted octanol–water partition coefficient (Wildman–Crippen LogP) is 2.79. The molecule has 0 aromatic rings. The van der Waals surface area contributed by atoms with E-state index >= 15 is 0 Å². The molecule has 98 valence electrons. The van der Waals surface area contributed by atoms with Gasteiger partial charge in [0.05, 0.1) is 6.42 Å². The number of carboxylic acids is 1. The Morgan fingerprint density at radius 2 is 1.88 bits per heavy atom. The fraction of sp³-hybridized carbons (Fsp3) is 0.929. The second-order valence-electron chi connectivity index (χ2n) is 6.18. The zero-order valence-electron chi connectivity index (χ0n) is 10.7. The molecule has 17 heavy (non-hydrogen) atoms. The molecule has 2 aliphatic carbocycles. The van der Waals surface area contributed by atoms with Gasteiger partial charge in [0.2, 0.25) is 0 Å². The zero-order valence-corrected chi connectivity index (χ0v) is 10.7. The van der Waals surface area contributed by atoms with Gasteiger partial charge in [0.15, 0.2) is 0 Å². The first-order valence-corrected chi connectivity index (χ1v) is 7.07. The highest BCUT2D eigenvalue weighted by Gasteiger charge is 2.41. The standard InChI is InChI=1S/C14H25NO2/c15-10-14(9-13(16)17)7-6-11-4-2-1-3-5-12(11)8-14/h11-12H,1-10,15H2,(H,16,17)/t11-,12-,14+/m1/s1. The maximum absolute atomic E-state index is 11.0. The Hall–Kier alpha value is -0.570. The van der Waals surface area contributed by atoms with Crippen LogP contribution in [0.3, 0.4) is 0 Å². The van der Waals surface area contributed by atoms with Crippen molar-refractivity contribution in [1.29, 1.82) is 0 Å². The maximum Gasteiger partial charge on any atom is 0.303 e. The Morgan fingerprint density at radius 3 is 2.53 bits per heavy atom. The van der Waals surface area contributed by atoms with Gasteiger partial charge in [0.25, 0.3) is 0 Å². The molecule has 2 rings (SSSR count). The fourth-order valence-corrected chi connectivity index (χ4v) is 4.00. The summed E-state index contributed by atoms with van der Waals surface area (Å²) in [5.41, 5.74) is 5.78. The molecular weight excluding hydrogens is 214 g/mol. The van der Waals surface area contributed by atoms with Crippen LogP contribution in [0, 0.1) is 17.3 Å². The molecule has 0 saturated heterocycles. The van der Waals surface area contributed by atoms with Crippen LogP contribution in [0.5, 0.6) is 0 Å². The summed E-state index contributed by atoms with van der Waals surface area (Å²) < 4.78 is 0. The first-order valence-electron chi connectivity index (χ1n) is 7.07. The van der Waals surface area contributed by atoms with E-state index in [-0.39, 0.29) is 11.8 Å². The SMILES string of the molecule is NC[C@@]1(CC(=O)O)CC[C@H]2CCCCC[C@@H]2C1. The van der Waals surface area contributed by atoms with E-state index in [9.17, 15) is 4.79 Å². The Bertz CT molecular complexity index is 279. The van der Waals surface area contributed by atoms with E-state index in [1.54, 1.807) is 0 Å². The summed E-state index contributed by atoms with van der Waals surface area (Å²) in [6.07, 6.45) is 10.3. The number of carboxylic acid groups (broad SMARTS) is 1. The van der Waals surface area contributed by atoms with E-state index in [0.29, 0.717) is 6.54 Å². The normalized spacial score (nSPS) is 38.2. The minimum atomic E-state index is -0.678. The van der Waals surface area contributed by atoms with Gasteiger partial charge in [-0.15, -0.1) is 0 Å². The molecule has 0 unspecified atom stereocenters.